The molecule has 1 saturated heterocycles. The molecule has 0 spiro atoms. The largest absolute Gasteiger partial charge is 0.353 e. The summed E-state index contributed by atoms with van der Waals surface area (Å²) >= 11 is 0. The summed E-state index contributed by atoms with van der Waals surface area (Å²) in [6.45, 7) is 0.783. The van der Waals surface area contributed by atoms with Crippen LogP contribution in [0, 0.1) is 0 Å². The van der Waals surface area contributed by atoms with E-state index in [1.807, 2.05) is 0 Å². The summed E-state index contributed by atoms with van der Waals surface area (Å²) < 4.78 is 10.8. The van der Waals surface area contributed by atoms with E-state index in [1.54, 1.807) is 0 Å². The van der Waals surface area contributed by atoms with Crippen LogP contribution in [-0.4, -0.2) is 24.8 Å². The fourth-order valence-corrected chi connectivity index (χ4v) is 1.53. The summed E-state index contributed by atoms with van der Waals surface area (Å²) in [5, 5.41) is 0. The van der Waals surface area contributed by atoms with E-state index in [0.29, 0.717) is 6.42 Å². The first-order valence-electron chi connectivity index (χ1n) is 4.66. The maximum Gasteiger partial charge on any atom is 0.161 e. The minimum atomic E-state index is -0.145. The summed E-state index contributed by atoms with van der Waals surface area (Å²) in [5.74, 6) is 0.240. The first-order chi connectivity index (χ1) is 5.86. The van der Waals surface area contributed by atoms with Crippen molar-refractivity contribution in [1.29, 1.82) is 0 Å². The SMILES string of the molecule is O=C1CCC1OC1CCCCO1. The van der Waals surface area contributed by atoms with Crippen LogP contribution in [0.4, 0.5) is 0 Å². The Morgan fingerprint density at radius 3 is 2.75 bits per heavy atom. The van der Waals surface area contributed by atoms with Crippen molar-refractivity contribution in [1.82, 2.24) is 0 Å². The van der Waals surface area contributed by atoms with Gasteiger partial charge in [-0.05, 0) is 25.7 Å². The van der Waals surface area contributed by atoms with Crippen LogP contribution in [0.5, 0.6) is 0 Å². The van der Waals surface area contributed by atoms with Crippen LogP contribution in [0.1, 0.15) is 32.1 Å². The quantitative estimate of drug-likeness (QED) is 0.626. The Morgan fingerprint density at radius 2 is 2.25 bits per heavy atom. The van der Waals surface area contributed by atoms with Crippen LogP contribution in [0.3, 0.4) is 0 Å². The van der Waals surface area contributed by atoms with E-state index in [2.05, 4.69) is 0 Å². The zero-order chi connectivity index (χ0) is 8.39. The van der Waals surface area contributed by atoms with Crippen molar-refractivity contribution in [3.8, 4) is 0 Å². The van der Waals surface area contributed by atoms with E-state index in [-0.39, 0.29) is 18.2 Å². The molecule has 0 radical (unpaired) electrons. The highest BCUT2D eigenvalue weighted by molar-refractivity contribution is 5.88. The van der Waals surface area contributed by atoms with Crippen molar-refractivity contribution in [2.45, 2.75) is 44.5 Å². The second-order valence-electron chi connectivity index (χ2n) is 3.43. The summed E-state index contributed by atoms with van der Waals surface area (Å²) in [6, 6.07) is 0. The molecule has 0 aromatic heterocycles. The van der Waals surface area contributed by atoms with Gasteiger partial charge in [-0.15, -0.1) is 0 Å². The van der Waals surface area contributed by atoms with Crippen LogP contribution in [0.15, 0.2) is 0 Å². The lowest BCUT2D eigenvalue weighted by molar-refractivity contribution is -0.201. The van der Waals surface area contributed by atoms with Gasteiger partial charge in [-0.3, -0.25) is 4.79 Å². The lowest BCUT2D eigenvalue weighted by Crippen LogP contribution is -2.39. The van der Waals surface area contributed by atoms with E-state index in [0.717, 1.165) is 32.3 Å². The summed E-state index contributed by atoms with van der Waals surface area (Å²) in [5.41, 5.74) is 0. The van der Waals surface area contributed by atoms with Gasteiger partial charge in [-0.25, -0.2) is 0 Å². The molecule has 12 heavy (non-hydrogen) atoms. The first kappa shape index (κ1) is 8.20. The number of ether oxygens (including phenoxy) is 2. The van der Waals surface area contributed by atoms with Gasteiger partial charge in [0.25, 0.3) is 0 Å². The molecule has 2 atom stereocenters. The monoisotopic (exact) mass is 170 g/mol. The van der Waals surface area contributed by atoms with Crippen molar-refractivity contribution in [3.63, 3.8) is 0 Å². The highest BCUT2D eigenvalue weighted by Crippen LogP contribution is 2.23. The Balaban J connectivity index is 1.74. The molecule has 1 heterocycles. The third-order valence-electron chi connectivity index (χ3n) is 2.47. The van der Waals surface area contributed by atoms with Gasteiger partial charge in [0.05, 0.1) is 0 Å². The third-order valence-corrected chi connectivity index (χ3v) is 2.47. The predicted octanol–water partition coefficient (Wildman–Crippen LogP) is 1.26. The van der Waals surface area contributed by atoms with Gasteiger partial charge in [0.1, 0.15) is 6.10 Å². The Labute approximate surface area is 72.0 Å². The molecule has 1 saturated carbocycles. The Bertz CT molecular complexity index is 173. The molecule has 2 rings (SSSR count). The molecule has 2 fully saturated rings. The molecule has 1 aliphatic carbocycles. The maximum absolute atomic E-state index is 10.9. The zero-order valence-corrected chi connectivity index (χ0v) is 7.12. The molecule has 3 heteroatoms. The molecule has 0 aromatic rings. The first-order valence-corrected chi connectivity index (χ1v) is 4.66. The highest BCUT2D eigenvalue weighted by atomic mass is 16.7. The Hall–Kier alpha value is -0.410. The Morgan fingerprint density at radius 1 is 1.33 bits per heavy atom. The van der Waals surface area contributed by atoms with E-state index in [9.17, 15) is 4.79 Å². The van der Waals surface area contributed by atoms with Crippen LogP contribution >= 0.6 is 0 Å². The standard InChI is InChI=1S/C9H14O3/c10-7-4-5-8(7)12-9-3-1-2-6-11-9/h8-9H,1-6H2. The van der Waals surface area contributed by atoms with Crippen molar-refractivity contribution in [2.75, 3.05) is 6.61 Å². The number of Topliss-reactive ketones (excluding diaryl/α,β-unsaturated/α-hetero) is 1. The van der Waals surface area contributed by atoms with Crippen LogP contribution in [0.2, 0.25) is 0 Å². The fraction of sp³-hybridized carbons (Fsp3) is 0.889. The minimum Gasteiger partial charge on any atom is -0.353 e. The lowest BCUT2D eigenvalue weighted by atomic mass is 9.94. The normalized spacial score (nSPS) is 36.2. The number of ketones is 1. The third kappa shape index (κ3) is 1.67. The van der Waals surface area contributed by atoms with E-state index in [1.165, 1.54) is 0 Å². The van der Waals surface area contributed by atoms with E-state index >= 15 is 0 Å². The highest BCUT2D eigenvalue weighted by Gasteiger charge is 2.32. The molecule has 0 bridgehead atoms. The molecule has 1 aliphatic heterocycles. The summed E-state index contributed by atoms with van der Waals surface area (Å²) in [6.07, 6.45) is 4.56. The predicted molar refractivity (Wildman–Crippen MR) is 42.7 cm³/mol. The Kier molecular flexibility index (Phi) is 2.42. The van der Waals surface area contributed by atoms with Crippen LogP contribution in [0.25, 0.3) is 0 Å². The summed E-state index contributed by atoms with van der Waals surface area (Å²) in [4.78, 5) is 10.9. The van der Waals surface area contributed by atoms with Gasteiger partial charge in [0, 0.05) is 13.0 Å². The number of carbonyl (C=O) groups is 1. The number of hydrogen-bond donors (Lipinski definition) is 0. The summed E-state index contributed by atoms with van der Waals surface area (Å²) in [7, 11) is 0. The van der Waals surface area contributed by atoms with E-state index in [4.69, 9.17) is 9.47 Å². The van der Waals surface area contributed by atoms with Crippen molar-refractivity contribution >= 4 is 5.78 Å². The fourth-order valence-electron chi connectivity index (χ4n) is 1.53. The molecule has 3 nitrogen and oxygen atoms in total. The molecular formula is C9H14O3. The van der Waals surface area contributed by atoms with Gasteiger partial charge in [0.2, 0.25) is 0 Å². The van der Waals surface area contributed by atoms with Crippen molar-refractivity contribution < 1.29 is 14.3 Å². The lowest BCUT2D eigenvalue weighted by Gasteiger charge is -2.30. The molecule has 2 unspecified atom stereocenters. The van der Waals surface area contributed by atoms with Gasteiger partial charge in [-0.1, -0.05) is 0 Å². The zero-order valence-electron chi connectivity index (χ0n) is 7.12. The average molecular weight is 170 g/mol. The van der Waals surface area contributed by atoms with E-state index < -0.39 is 0 Å². The minimum absolute atomic E-state index is 0.104. The van der Waals surface area contributed by atoms with Gasteiger partial charge in [0.15, 0.2) is 12.1 Å². The van der Waals surface area contributed by atoms with Crippen LogP contribution < -0.4 is 0 Å². The second kappa shape index (κ2) is 3.54. The second-order valence-corrected chi connectivity index (χ2v) is 3.43. The number of hydrogen-bond acceptors (Lipinski definition) is 3. The topological polar surface area (TPSA) is 35.5 Å². The van der Waals surface area contributed by atoms with Crippen molar-refractivity contribution in [2.24, 2.45) is 0 Å². The van der Waals surface area contributed by atoms with Crippen LogP contribution in [-0.2, 0) is 14.3 Å². The molecule has 0 amide bonds. The molecule has 0 aromatic carbocycles. The number of carbonyl (C=O) groups excluding carboxylic acids is 1. The maximum atomic E-state index is 10.9. The average Bonchev–Trinajstić information content (AvgIpc) is 2.14. The van der Waals surface area contributed by atoms with Gasteiger partial charge >= 0.3 is 0 Å². The molecule has 0 N–H and O–H groups in total. The molecule has 2 aliphatic rings. The number of rotatable bonds is 2. The van der Waals surface area contributed by atoms with Gasteiger partial charge in [-0.2, -0.15) is 0 Å². The van der Waals surface area contributed by atoms with Crippen molar-refractivity contribution in [3.05, 3.63) is 0 Å². The molecule has 68 valence electrons. The van der Waals surface area contributed by atoms with Gasteiger partial charge < -0.3 is 9.47 Å². The smallest absolute Gasteiger partial charge is 0.161 e. The molecular weight excluding hydrogens is 156 g/mol.